The highest BCUT2D eigenvalue weighted by Crippen LogP contribution is 2.36. The van der Waals surface area contributed by atoms with Gasteiger partial charge in [0.15, 0.2) is 5.96 Å². The lowest BCUT2D eigenvalue weighted by atomic mass is 10.0. The van der Waals surface area contributed by atoms with E-state index in [2.05, 4.69) is 26.2 Å². The molecular formula is C9H11BrCl2N4O. The first-order valence-electron chi connectivity index (χ1n) is 4.57. The normalized spacial score (nSPS) is 27.9. The average molecular weight is 342 g/mol. The Morgan fingerprint density at radius 2 is 2.18 bits per heavy atom. The van der Waals surface area contributed by atoms with Crippen LogP contribution in [-0.2, 0) is 0 Å². The molecule has 1 aliphatic carbocycles. The van der Waals surface area contributed by atoms with Crippen molar-refractivity contribution in [2.45, 2.75) is 16.7 Å². The molecule has 2 unspecified atom stereocenters. The number of carbonyl (C=O) groups is 1. The van der Waals surface area contributed by atoms with Crippen molar-refractivity contribution in [3.05, 3.63) is 22.8 Å². The summed E-state index contributed by atoms with van der Waals surface area (Å²) in [4.78, 5) is 14.7. The minimum Gasteiger partial charge on any atom is -0.370 e. The minimum atomic E-state index is -0.828. The number of halogens is 3. The zero-order chi connectivity index (χ0) is 13.2. The van der Waals surface area contributed by atoms with Crippen molar-refractivity contribution in [3.8, 4) is 0 Å². The summed E-state index contributed by atoms with van der Waals surface area (Å²) in [6.45, 7) is 1.79. The number of guanidine groups is 1. The topological polar surface area (TPSA) is 93.5 Å². The molecule has 94 valence electrons. The van der Waals surface area contributed by atoms with Gasteiger partial charge in [-0.3, -0.25) is 0 Å². The van der Waals surface area contributed by atoms with Crippen molar-refractivity contribution < 1.29 is 4.79 Å². The van der Waals surface area contributed by atoms with Crippen LogP contribution < -0.4 is 16.8 Å². The van der Waals surface area contributed by atoms with Crippen molar-refractivity contribution in [1.82, 2.24) is 5.32 Å². The number of hydrogen-bond donors (Lipinski definition) is 3. The SMILES string of the molecule is CC1=CC(Cl)(Br)C=C(Cl)C1NC(=O)N=C(N)N. The highest BCUT2D eigenvalue weighted by Gasteiger charge is 2.29. The second-order valence-electron chi connectivity index (χ2n) is 3.51. The molecule has 5 nitrogen and oxygen atoms in total. The van der Waals surface area contributed by atoms with E-state index in [1.807, 2.05) is 0 Å². The van der Waals surface area contributed by atoms with Gasteiger partial charge in [0.2, 0.25) is 0 Å². The largest absolute Gasteiger partial charge is 0.370 e. The molecule has 1 rings (SSSR count). The van der Waals surface area contributed by atoms with E-state index in [4.69, 9.17) is 34.7 Å². The minimum absolute atomic E-state index is 0.313. The van der Waals surface area contributed by atoms with Gasteiger partial charge >= 0.3 is 6.03 Å². The zero-order valence-electron chi connectivity index (χ0n) is 8.88. The summed E-state index contributed by atoms with van der Waals surface area (Å²) in [6, 6.07) is -1.14. The maximum absolute atomic E-state index is 11.4. The summed E-state index contributed by atoms with van der Waals surface area (Å²) in [5, 5.41) is 2.94. The number of nitrogens with two attached hydrogens (primary N) is 2. The van der Waals surface area contributed by atoms with Crippen LogP contribution >= 0.6 is 39.1 Å². The van der Waals surface area contributed by atoms with Crippen LogP contribution in [-0.4, -0.2) is 21.8 Å². The molecule has 0 bridgehead atoms. The van der Waals surface area contributed by atoms with Gasteiger partial charge < -0.3 is 16.8 Å². The smallest absolute Gasteiger partial charge is 0.344 e. The van der Waals surface area contributed by atoms with Gasteiger partial charge in [0.05, 0.1) is 6.04 Å². The van der Waals surface area contributed by atoms with Crippen LogP contribution in [0.15, 0.2) is 27.7 Å². The lowest BCUT2D eigenvalue weighted by molar-refractivity contribution is 0.248. The number of carbonyl (C=O) groups excluding carboxylic acids is 1. The van der Waals surface area contributed by atoms with E-state index in [-0.39, 0.29) is 5.96 Å². The van der Waals surface area contributed by atoms with E-state index >= 15 is 0 Å². The van der Waals surface area contributed by atoms with Crippen LogP contribution in [0.3, 0.4) is 0 Å². The van der Waals surface area contributed by atoms with Crippen LogP contribution in [0.1, 0.15) is 6.92 Å². The van der Waals surface area contributed by atoms with Gasteiger partial charge in [-0.2, -0.15) is 4.99 Å². The molecule has 0 saturated carbocycles. The Bertz CT molecular complexity index is 405. The number of nitrogens with one attached hydrogen (secondary N) is 1. The average Bonchev–Trinajstić information content (AvgIpc) is 2.08. The maximum Gasteiger partial charge on any atom is 0.344 e. The van der Waals surface area contributed by atoms with Gasteiger partial charge in [-0.25, -0.2) is 4.79 Å². The van der Waals surface area contributed by atoms with E-state index in [1.165, 1.54) is 0 Å². The van der Waals surface area contributed by atoms with Gasteiger partial charge in [-0.05, 0) is 24.6 Å². The Labute approximate surface area is 117 Å². The molecule has 0 radical (unpaired) electrons. The number of rotatable bonds is 1. The predicted octanol–water partition coefficient (Wildman–Crippen LogP) is 1.75. The zero-order valence-corrected chi connectivity index (χ0v) is 12.0. The fourth-order valence-electron chi connectivity index (χ4n) is 1.37. The third-order valence-electron chi connectivity index (χ3n) is 1.98. The molecule has 1 aliphatic rings. The molecule has 0 fully saturated rings. The van der Waals surface area contributed by atoms with Gasteiger partial charge in [0.1, 0.15) is 3.78 Å². The first-order chi connectivity index (χ1) is 7.71. The second kappa shape index (κ2) is 5.29. The molecule has 0 heterocycles. The molecule has 17 heavy (non-hydrogen) atoms. The van der Waals surface area contributed by atoms with E-state index in [0.29, 0.717) is 5.03 Å². The van der Waals surface area contributed by atoms with E-state index < -0.39 is 15.9 Å². The number of nitrogens with zero attached hydrogens (tertiary/aromatic N) is 1. The van der Waals surface area contributed by atoms with Crippen LogP contribution in [0.25, 0.3) is 0 Å². The van der Waals surface area contributed by atoms with Crippen molar-refractivity contribution in [3.63, 3.8) is 0 Å². The van der Waals surface area contributed by atoms with E-state index in [9.17, 15) is 4.79 Å². The molecule has 0 aromatic heterocycles. The summed E-state index contributed by atoms with van der Waals surface area (Å²) in [6.07, 6.45) is 3.30. The van der Waals surface area contributed by atoms with Crippen molar-refractivity contribution in [2.75, 3.05) is 0 Å². The van der Waals surface area contributed by atoms with Crippen molar-refractivity contribution in [2.24, 2.45) is 16.5 Å². The van der Waals surface area contributed by atoms with E-state index in [1.54, 1.807) is 19.1 Å². The van der Waals surface area contributed by atoms with Crippen LogP contribution in [0.2, 0.25) is 0 Å². The maximum atomic E-state index is 11.4. The summed E-state index contributed by atoms with van der Waals surface area (Å²) in [5.74, 6) is -0.313. The number of aliphatic imine (C=N–C) groups is 1. The molecule has 0 aromatic carbocycles. The number of amides is 2. The monoisotopic (exact) mass is 340 g/mol. The van der Waals surface area contributed by atoms with Gasteiger partial charge in [-0.15, -0.1) is 0 Å². The van der Waals surface area contributed by atoms with Crippen LogP contribution in [0.5, 0.6) is 0 Å². The van der Waals surface area contributed by atoms with E-state index in [0.717, 1.165) is 5.57 Å². The molecule has 0 saturated heterocycles. The lowest BCUT2D eigenvalue weighted by Crippen LogP contribution is -2.38. The summed E-state index contributed by atoms with van der Waals surface area (Å²) >= 11 is 15.3. The number of alkyl halides is 2. The molecule has 8 heteroatoms. The molecule has 5 N–H and O–H groups in total. The first-order valence-corrected chi connectivity index (χ1v) is 6.12. The molecule has 2 atom stereocenters. The Morgan fingerprint density at radius 3 is 2.65 bits per heavy atom. The summed E-state index contributed by atoms with van der Waals surface area (Å²) in [7, 11) is 0. The Balaban J connectivity index is 2.84. The lowest BCUT2D eigenvalue weighted by Gasteiger charge is -2.26. The van der Waals surface area contributed by atoms with Gasteiger partial charge in [0, 0.05) is 5.03 Å². The van der Waals surface area contributed by atoms with Crippen LogP contribution in [0, 0.1) is 0 Å². The van der Waals surface area contributed by atoms with Gasteiger partial charge in [-0.1, -0.05) is 39.1 Å². The highest BCUT2D eigenvalue weighted by atomic mass is 79.9. The number of urea groups is 1. The summed E-state index contributed by atoms with van der Waals surface area (Å²) in [5.41, 5.74) is 11.0. The molecule has 2 amide bonds. The molecule has 0 spiro atoms. The number of hydrogen-bond acceptors (Lipinski definition) is 1. The van der Waals surface area contributed by atoms with Crippen LogP contribution in [0.4, 0.5) is 4.79 Å². The standard InChI is InChI=1S/C9H11BrCl2N4O/c1-4-2-9(10,12)3-5(11)6(4)15-8(17)16-7(13)14/h2-3,6H,1H3,(H5,13,14,15,16,17). The third-order valence-corrected chi connectivity index (χ3v) is 2.98. The van der Waals surface area contributed by atoms with Crippen molar-refractivity contribution in [1.29, 1.82) is 0 Å². The molecule has 0 aromatic rings. The quantitative estimate of drug-likeness (QED) is 0.293. The summed E-state index contributed by atoms with van der Waals surface area (Å²) < 4.78 is -0.828. The fraction of sp³-hybridized carbons (Fsp3) is 0.333. The highest BCUT2D eigenvalue weighted by molar-refractivity contribution is 9.10. The van der Waals surface area contributed by atoms with Gasteiger partial charge in [0.25, 0.3) is 0 Å². The first kappa shape index (κ1) is 14.3. The Morgan fingerprint density at radius 1 is 1.59 bits per heavy atom. The second-order valence-corrected chi connectivity index (χ2v) is 6.34. The fourth-order valence-corrected chi connectivity index (χ4v) is 2.85. The van der Waals surface area contributed by atoms with Crippen molar-refractivity contribution >= 4 is 51.1 Å². The number of allylic oxidation sites excluding steroid dienone is 2. The molecule has 0 aliphatic heterocycles. The Kier molecular flexibility index (Phi) is 4.46. The predicted molar refractivity (Wildman–Crippen MR) is 73.3 cm³/mol. The third kappa shape index (κ3) is 4.22. The molecular weight excluding hydrogens is 331 g/mol. The Hall–Kier alpha value is -0.720.